The van der Waals surface area contributed by atoms with E-state index in [1.165, 1.54) is 0 Å². The number of hydrogen-bond acceptors (Lipinski definition) is 7. The first kappa shape index (κ1) is 16.4. The van der Waals surface area contributed by atoms with Crippen LogP contribution in [0, 0.1) is 0 Å². The normalized spacial score (nSPS) is 10.5. The minimum absolute atomic E-state index is 0.444. The molecular weight excluding hydrogens is 326 g/mol. The molecule has 0 N–H and O–H groups in total. The molecule has 0 fully saturated rings. The van der Waals surface area contributed by atoms with Gasteiger partial charge < -0.3 is 14.2 Å². The van der Waals surface area contributed by atoms with Crippen molar-refractivity contribution < 1.29 is 14.2 Å². The lowest BCUT2D eigenvalue weighted by atomic mass is 10.2. The molecule has 0 spiro atoms. The Morgan fingerprint density at radius 2 is 2.04 bits per heavy atom. The van der Waals surface area contributed by atoms with Crippen molar-refractivity contribution in [1.82, 2.24) is 15.0 Å². The van der Waals surface area contributed by atoms with Crippen molar-refractivity contribution in [3.8, 4) is 17.2 Å². The molecule has 0 bridgehead atoms. The molecule has 0 aromatic carbocycles. The Balaban J connectivity index is 1.79. The maximum Gasteiger partial charge on any atom is 0.149 e. The summed E-state index contributed by atoms with van der Waals surface area (Å²) in [6.45, 7) is 0.948. The van der Waals surface area contributed by atoms with Crippen molar-refractivity contribution in [2.45, 2.75) is 6.42 Å². The third-order valence-corrected chi connectivity index (χ3v) is 3.90. The summed E-state index contributed by atoms with van der Waals surface area (Å²) in [5, 5.41) is 2.93. The monoisotopic (exact) mass is 343 g/mol. The fourth-order valence-electron chi connectivity index (χ4n) is 2.03. The standard InChI is InChI=1S/C17H17N3O3S/c1-21-6-7-22-16-9-14(23-13-3-2-4-18-11-13)12-20-15(16)10-17-19-5-8-24-17/h2-5,8-9,11-12H,6-7,10H2,1H3. The van der Waals surface area contributed by atoms with Crippen LogP contribution in [0.4, 0.5) is 0 Å². The predicted molar refractivity (Wildman–Crippen MR) is 90.8 cm³/mol. The van der Waals surface area contributed by atoms with Gasteiger partial charge in [-0.2, -0.15) is 0 Å². The molecule has 3 rings (SSSR count). The number of ether oxygens (including phenoxy) is 3. The minimum Gasteiger partial charge on any atom is -0.489 e. The van der Waals surface area contributed by atoms with Gasteiger partial charge in [-0.25, -0.2) is 4.98 Å². The zero-order valence-corrected chi connectivity index (χ0v) is 14.0. The van der Waals surface area contributed by atoms with Crippen LogP contribution in [0.2, 0.25) is 0 Å². The summed E-state index contributed by atoms with van der Waals surface area (Å²) in [5.74, 6) is 1.91. The van der Waals surface area contributed by atoms with E-state index in [1.54, 1.807) is 43.2 Å². The van der Waals surface area contributed by atoms with Gasteiger partial charge in [0, 0.05) is 37.4 Å². The molecule has 0 aliphatic carbocycles. The van der Waals surface area contributed by atoms with E-state index in [1.807, 2.05) is 23.6 Å². The molecule has 7 heteroatoms. The third kappa shape index (κ3) is 4.50. The van der Waals surface area contributed by atoms with Gasteiger partial charge in [-0.3, -0.25) is 9.97 Å². The summed E-state index contributed by atoms with van der Waals surface area (Å²) in [6, 6.07) is 5.48. The number of nitrogens with zero attached hydrogens (tertiary/aromatic N) is 3. The number of aromatic nitrogens is 3. The van der Waals surface area contributed by atoms with Gasteiger partial charge in [-0.05, 0) is 12.1 Å². The van der Waals surface area contributed by atoms with E-state index < -0.39 is 0 Å². The average Bonchev–Trinajstić information content (AvgIpc) is 3.11. The van der Waals surface area contributed by atoms with Crippen molar-refractivity contribution in [1.29, 1.82) is 0 Å². The van der Waals surface area contributed by atoms with Crippen LogP contribution in [0.5, 0.6) is 17.2 Å². The number of hydrogen-bond donors (Lipinski definition) is 0. The highest BCUT2D eigenvalue weighted by Gasteiger charge is 2.11. The van der Waals surface area contributed by atoms with Crippen LogP contribution in [0.1, 0.15) is 10.7 Å². The molecule has 0 aliphatic heterocycles. The zero-order valence-electron chi connectivity index (χ0n) is 13.2. The SMILES string of the molecule is COCCOc1cc(Oc2cccnc2)cnc1Cc1nccs1. The van der Waals surface area contributed by atoms with E-state index in [0.29, 0.717) is 36.9 Å². The minimum atomic E-state index is 0.444. The molecule has 124 valence electrons. The second-order valence-electron chi connectivity index (χ2n) is 4.85. The van der Waals surface area contributed by atoms with E-state index in [9.17, 15) is 0 Å². The lowest BCUT2D eigenvalue weighted by molar-refractivity contribution is 0.145. The van der Waals surface area contributed by atoms with Crippen molar-refractivity contribution in [3.63, 3.8) is 0 Å². The van der Waals surface area contributed by atoms with Crippen LogP contribution in [-0.4, -0.2) is 35.3 Å². The Morgan fingerprint density at radius 3 is 2.79 bits per heavy atom. The van der Waals surface area contributed by atoms with Crippen molar-refractivity contribution in [3.05, 3.63) is 59.1 Å². The maximum atomic E-state index is 5.80. The second-order valence-corrected chi connectivity index (χ2v) is 5.83. The number of methoxy groups -OCH3 is 1. The topological polar surface area (TPSA) is 66.4 Å². The average molecular weight is 343 g/mol. The highest BCUT2D eigenvalue weighted by atomic mass is 32.1. The van der Waals surface area contributed by atoms with Crippen LogP contribution in [0.3, 0.4) is 0 Å². The van der Waals surface area contributed by atoms with Crippen molar-refractivity contribution in [2.75, 3.05) is 20.3 Å². The van der Waals surface area contributed by atoms with Gasteiger partial charge >= 0.3 is 0 Å². The van der Waals surface area contributed by atoms with Crippen molar-refractivity contribution in [2.24, 2.45) is 0 Å². The molecule has 6 nitrogen and oxygen atoms in total. The lowest BCUT2D eigenvalue weighted by Gasteiger charge is -2.12. The van der Waals surface area contributed by atoms with Gasteiger partial charge in [0.05, 0.1) is 29.7 Å². The Bertz CT molecular complexity index is 751. The summed E-state index contributed by atoms with van der Waals surface area (Å²) >= 11 is 1.59. The summed E-state index contributed by atoms with van der Waals surface area (Å²) in [7, 11) is 1.64. The molecule has 0 aliphatic rings. The van der Waals surface area contributed by atoms with Crippen molar-refractivity contribution >= 4 is 11.3 Å². The molecule has 0 unspecified atom stereocenters. The van der Waals surface area contributed by atoms with E-state index >= 15 is 0 Å². The molecule has 0 radical (unpaired) electrons. The van der Waals surface area contributed by atoms with Crippen LogP contribution < -0.4 is 9.47 Å². The highest BCUT2D eigenvalue weighted by molar-refractivity contribution is 7.09. The molecule has 0 saturated heterocycles. The summed E-state index contributed by atoms with van der Waals surface area (Å²) < 4.78 is 16.6. The summed E-state index contributed by atoms with van der Waals surface area (Å²) in [4.78, 5) is 12.8. The van der Waals surface area contributed by atoms with E-state index in [4.69, 9.17) is 14.2 Å². The quantitative estimate of drug-likeness (QED) is 0.585. The summed E-state index contributed by atoms with van der Waals surface area (Å²) in [6.07, 6.45) is 7.42. The third-order valence-electron chi connectivity index (χ3n) is 3.12. The summed E-state index contributed by atoms with van der Waals surface area (Å²) in [5.41, 5.74) is 0.819. The van der Waals surface area contributed by atoms with E-state index in [-0.39, 0.29) is 0 Å². The fourth-order valence-corrected chi connectivity index (χ4v) is 2.65. The number of pyridine rings is 2. The molecule has 0 saturated carbocycles. The van der Waals surface area contributed by atoms with Gasteiger partial charge in [0.15, 0.2) is 0 Å². The molecule has 3 aromatic heterocycles. The molecule has 0 atom stereocenters. The maximum absolute atomic E-state index is 5.80. The number of thiazole rings is 1. The molecular formula is C17H17N3O3S. The number of rotatable bonds is 8. The molecule has 24 heavy (non-hydrogen) atoms. The first-order valence-corrected chi connectivity index (χ1v) is 8.30. The van der Waals surface area contributed by atoms with E-state index in [2.05, 4.69) is 15.0 Å². The van der Waals surface area contributed by atoms with Gasteiger partial charge in [-0.15, -0.1) is 11.3 Å². The molecule has 0 amide bonds. The predicted octanol–water partition coefficient (Wildman–Crippen LogP) is 3.34. The molecule has 3 aromatic rings. The smallest absolute Gasteiger partial charge is 0.149 e. The molecule has 3 heterocycles. The Morgan fingerprint density at radius 1 is 1.08 bits per heavy atom. The fraction of sp³-hybridized carbons (Fsp3) is 0.235. The Labute approximate surface area is 144 Å². The second kappa shape index (κ2) is 8.37. The van der Waals surface area contributed by atoms with Crippen LogP contribution in [0.15, 0.2) is 48.4 Å². The van der Waals surface area contributed by atoms with Gasteiger partial charge in [-0.1, -0.05) is 0 Å². The van der Waals surface area contributed by atoms with Crippen LogP contribution >= 0.6 is 11.3 Å². The first-order chi connectivity index (χ1) is 11.8. The van der Waals surface area contributed by atoms with Gasteiger partial charge in [0.2, 0.25) is 0 Å². The van der Waals surface area contributed by atoms with Gasteiger partial charge in [0.25, 0.3) is 0 Å². The Hall–Kier alpha value is -2.51. The first-order valence-electron chi connectivity index (χ1n) is 7.42. The highest BCUT2D eigenvalue weighted by Crippen LogP contribution is 2.28. The lowest BCUT2D eigenvalue weighted by Crippen LogP contribution is -2.07. The van der Waals surface area contributed by atoms with Gasteiger partial charge in [0.1, 0.15) is 23.9 Å². The van der Waals surface area contributed by atoms with E-state index in [0.717, 1.165) is 10.7 Å². The largest absolute Gasteiger partial charge is 0.489 e. The Kier molecular flexibility index (Phi) is 5.70. The zero-order chi connectivity index (χ0) is 16.6. The van der Waals surface area contributed by atoms with Crippen LogP contribution in [-0.2, 0) is 11.2 Å². The van der Waals surface area contributed by atoms with Crippen LogP contribution in [0.25, 0.3) is 0 Å².